The fourth-order valence-corrected chi connectivity index (χ4v) is 3.04. The van der Waals surface area contributed by atoms with Gasteiger partial charge < -0.3 is 9.88 Å². The first-order valence-corrected chi connectivity index (χ1v) is 8.48. The van der Waals surface area contributed by atoms with E-state index in [2.05, 4.69) is 23.5 Å². The molecule has 0 spiro atoms. The molecule has 126 valence electrons. The highest BCUT2D eigenvalue weighted by Crippen LogP contribution is 2.20. The quantitative estimate of drug-likeness (QED) is 0.749. The van der Waals surface area contributed by atoms with Crippen LogP contribution < -0.4 is 5.32 Å². The first kappa shape index (κ1) is 16.8. The van der Waals surface area contributed by atoms with Gasteiger partial charge in [-0.25, -0.2) is 0 Å². The summed E-state index contributed by atoms with van der Waals surface area (Å²) in [6.45, 7) is 2.24. The Kier molecular flexibility index (Phi) is 5.15. The molecule has 0 saturated carbocycles. The highest BCUT2D eigenvalue weighted by Gasteiger charge is 2.12. The highest BCUT2D eigenvalue weighted by atomic mass is 16.2. The minimum Gasteiger partial charge on any atom is -0.352 e. The predicted octanol–water partition coefficient (Wildman–Crippen LogP) is 3.65. The van der Waals surface area contributed by atoms with Gasteiger partial charge in [-0.15, -0.1) is 0 Å². The third-order valence-electron chi connectivity index (χ3n) is 4.34. The lowest BCUT2D eigenvalue weighted by Gasteiger charge is -2.14. The number of carbonyl (C=O) groups is 1. The summed E-state index contributed by atoms with van der Waals surface area (Å²) < 4.78 is 1.84. The number of nitrogens with zero attached hydrogens (tertiary/aromatic N) is 2. The number of aromatic nitrogens is 1. The molecular formula is C21H21N3O. The molecule has 3 aromatic rings. The van der Waals surface area contributed by atoms with E-state index in [0.717, 1.165) is 23.7 Å². The van der Waals surface area contributed by atoms with E-state index in [1.54, 1.807) is 6.20 Å². The molecular weight excluding hydrogens is 310 g/mol. The Balaban J connectivity index is 1.60. The molecule has 0 radical (unpaired) electrons. The molecule has 25 heavy (non-hydrogen) atoms. The number of nitriles is 1. The van der Waals surface area contributed by atoms with E-state index < -0.39 is 0 Å². The monoisotopic (exact) mass is 331 g/mol. The molecule has 1 amide bonds. The van der Waals surface area contributed by atoms with Crippen molar-refractivity contribution in [2.75, 3.05) is 0 Å². The number of carbonyl (C=O) groups excluding carboxylic acids is 1. The van der Waals surface area contributed by atoms with Crippen molar-refractivity contribution in [3.63, 3.8) is 0 Å². The molecule has 2 aromatic carbocycles. The van der Waals surface area contributed by atoms with Crippen LogP contribution in [0.15, 0.2) is 60.8 Å². The maximum atomic E-state index is 12.4. The molecule has 1 atom stereocenters. The van der Waals surface area contributed by atoms with E-state index >= 15 is 0 Å². The third-order valence-corrected chi connectivity index (χ3v) is 4.34. The third kappa shape index (κ3) is 4.07. The Morgan fingerprint density at radius 3 is 2.64 bits per heavy atom. The van der Waals surface area contributed by atoms with E-state index in [4.69, 9.17) is 0 Å². The van der Waals surface area contributed by atoms with Gasteiger partial charge in [0.1, 0.15) is 12.6 Å². The Morgan fingerprint density at radius 2 is 1.88 bits per heavy atom. The van der Waals surface area contributed by atoms with E-state index in [1.807, 2.05) is 54.0 Å². The van der Waals surface area contributed by atoms with Gasteiger partial charge in [0.25, 0.3) is 0 Å². The number of amides is 1. The summed E-state index contributed by atoms with van der Waals surface area (Å²) in [6, 6.07) is 20.2. The van der Waals surface area contributed by atoms with E-state index in [1.165, 1.54) is 5.56 Å². The van der Waals surface area contributed by atoms with Crippen LogP contribution in [0.4, 0.5) is 0 Å². The van der Waals surface area contributed by atoms with Crippen LogP contribution >= 0.6 is 0 Å². The van der Waals surface area contributed by atoms with Crippen LogP contribution in [0.1, 0.15) is 24.5 Å². The average molecular weight is 331 g/mol. The van der Waals surface area contributed by atoms with Crippen LogP contribution in [0.3, 0.4) is 0 Å². The van der Waals surface area contributed by atoms with Gasteiger partial charge in [-0.3, -0.25) is 4.79 Å². The summed E-state index contributed by atoms with van der Waals surface area (Å²) in [5.41, 5.74) is 2.78. The zero-order chi connectivity index (χ0) is 17.6. The van der Waals surface area contributed by atoms with Crippen molar-refractivity contribution in [3.05, 3.63) is 71.9 Å². The van der Waals surface area contributed by atoms with Crippen molar-refractivity contribution >= 4 is 16.8 Å². The lowest BCUT2D eigenvalue weighted by Crippen LogP contribution is -2.35. The molecule has 0 unspecified atom stereocenters. The molecule has 0 bridgehead atoms. The number of fused-ring (bicyclic) bond motifs is 1. The van der Waals surface area contributed by atoms with Crippen LogP contribution in [-0.4, -0.2) is 16.5 Å². The summed E-state index contributed by atoms with van der Waals surface area (Å²) in [7, 11) is 0. The lowest BCUT2D eigenvalue weighted by molar-refractivity contribution is -0.122. The second kappa shape index (κ2) is 7.67. The van der Waals surface area contributed by atoms with E-state index in [9.17, 15) is 10.1 Å². The zero-order valence-corrected chi connectivity index (χ0v) is 14.3. The SMILES string of the molecule is C[C@H](CCc1ccccc1)NC(=O)Cn1cc(C#N)c2ccccc21. The number of nitrogens with one attached hydrogen (secondary N) is 1. The Morgan fingerprint density at radius 1 is 1.16 bits per heavy atom. The van der Waals surface area contributed by atoms with Gasteiger partial charge in [0, 0.05) is 23.1 Å². The molecule has 4 heteroatoms. The van der Waals surface area contributed by atoms with E-state index in [0.29, 0.717) is 5.56 Å². The molecule has 0 aliphatic heterocycles. The molecule has 0 aliphatic carbocycles. The highest BCUT2D eigenvalue weighted by molar-refractivity contribution is 5.88. The molecule has 1 N–H and O–H groups in total. The fourth-order valence-electron chi connectivity index (χ4n) is 3.04. The lowest BCUT2D eigenvalue weighted by atomic mass is 10.1. The molecule has 0 aliphatic rings. The van der Waals surface area contributed by atoms with Crippen LogP contribution in [0.2, 0.25) is 0 Å². The predicted molar refractivity (Wildman–Crippen MR) is 99.0 cm³/mol. The van der Waals surface area contributed by atoms with Crippen LogP contribution in [0, 0.1) is 11.3 Å². The van der Waals surface area contributed by atoms with Gasteiger partial charge >= 0.3 is 0 Å². The maximum Gasteiger partial charge on any atom is 0.240 e. The van der Waals surface area contributed by atoms with Crippen molar-refractivity contribution in [1.82, 2.24) is 9.88 Å². The number of aryl methyl sites for hydroxylation is 1. The van der Waals surface area contributed by atoms with Crippen molar-refractivity contribution < 1.29 is 4.79 Å². The van der Waals surface area contributed by atoms with Crippen LogP contribution in [-0.2, 0) is 17.8 Å². The standard InChI is InChI=1S/C21H21N3O/c1-16(11-12-17-7-3-2-4-8-17)23-21(25)15-24-14-18(13-22)19-9-5-6-10-20(19)24/h2-10,14,16H,11-12,15H2,1H3,(H,23,25)/t16-/m1/s1. The average Bonchev–Trinajstić information content (AvgIpc) is 2.98. The molecule has 1 heterocycles. The summed E-state index contributed by atoms with van der Waals surface area (Å²) in [6.07, 6.45) is 3.58. The summed E-state index contributed by atoms with van der Waals surface area (Å²) in [5.74, 6) is -0.0363. The van der Waals surface area contributed by atoms with Crippen molar-refractivity contribution in [2.24, 2.45) is 0 Å². The van der Waals surface area contributed by atoms with Gasteiger partial charge in [-0.1, -0.05) is 48.5 Å². The second-order valence-electron chi connectivity index (χ2n) is 6.29. The largest absolute Gasteiger partial charge is 0.352 e. The summed E-state index contributed by atoms with van der Waals surface area (Å²) >= 11 is 0. The smallest absolute Gasteiger partial charge is 0.240 e. The van der Waals surface area contributed by atoms with Crippen molar-refractivity contribution in [2.45, 2.75) is 32.4 Å². The number of para-hydroxylation sites is 1. The van der Waals surface area contributed by atoms with Gasteiger partial charge in [-0.2, -0.15) is 5.26 Å². The first-order chi connectivity index (χ1) is 12.2. The van der Waals surface area contributed by atoms with Gasteiger partial charge in [0.15, 0.2) is 0 Å². The van der Waals surface area contributed by atoms with E-state index in [-0.39, 0.29) is 18.5 Å². The number of benzene rings is 2. The molecule has 4 nitrogen and oxygen atoms in total. The normalized spacial score (nSPS) is 11.8. The fraction of sp³-hybridized carbons (Fsp3) is 0.238. The number of rotatable bonds is 6. The molecule has 3 rings (SSSR count). The zero-order valence-electron chi connectivity index (χ0n) is 14.3. The number of hydrogen-bond acceptors (Lipinski definition) is 2. The Labute approximate surface area is 147 Å². The molecule has 1 aromatic heterocycles. The minimum atomic E-state index is -0.0363. The topological polar surface area (TPSA) is 57.8 Å². The maximum absolute atomic E-state index is 12.4. The Bertz CT molecular complexity index is 906. The molecule has 0 fully saturated rings. The Hall–Kier alpha value is -3.06. The van der Waals surface area contributed by atoms with Crippen molar-refractivity contribution in [1.29, 1.82) is 5.26 Å². The van der Waals surface area contributed by atoms with Crippen LogP contribution in [0.5, 0.6) is 0 Å². The number of hydrogen-bond donors (Lipinski definition) is 1. The minimum absolute atomic E-state index is 0.0363. The molecule has 0 saturated heterocycles. The summed E-state index contributed by atoms with van der Waals surface area (Å²) in [5, 5.41) is 13.2. The first-order valence-electron chi connectivity index (χ1n) is 8.48. The van der Waals surface area contributed by atoms with Crippen molar-refractivity contribution in [3.8, 4) is 6.07 Å². The van der Waals surface area contributed by atoms with Gasteiger partial charge in [0.05, 0.1) is 5.56 Å². The van der Waals surface area contributed by atoms with Gasteiger partial charge in [0.2, 0.25) is 5.91 Å². The van der Waals surface area contributed by atoms with Gasteiger partial charge in [-0.05, 0) is 31.4 Å². The van der Waals surface area contributed by atoms with Crippen LogP contribution in [0.25, 0.3) is 10.9 Å². The summed E-state index contributed by atoms with van der Waals surface area (Å²) in [4.78, 5) is 12.4. The second-order valence-corrected chi connectivity index (χ2v) is 6.29.